The molecule has 3 rings (SSSR count). The summed E-state index contributed by atoms with van der Waals surface area (Å²) >= 11 is 0. The maximum absolute atomic E-state index is 14.2. The molecule has 1 aliphatic rings. The van der Waals surface area contributed by atoms with Crippen LogP contribution >= 0.6 is 0 Å². The minimum atomic E-state index is -1.46. The Kier molecular flexibility index (Phi) is 5.40. The maximum atomic E-state index is 14.2. The summed E-state index contributed by atoms with van der Waals surface area (Å²) in [5, 5.41) is 11.2. The molecular weight excluding hydrogens is 384 g/mol. The first kappa shape index (κ1) is 20.1. The van der Waals surface area contributed by atoms with Crippen molar-refractivity contribution in [1.29, 1.82) is 0 Å². The average Bonchev–Trinajstić information content (AvgIpc) is 2.70. The molecule has 0 spiro atoms. The Morgan fingerprint density at radius 1 is 1.10 bits per heavy atom. The van der Waals surface area contributed by atoms with Gasteiger partial charge in [0.1, 0.15) is 11.7 Å². The topological polar surface area (TPSA) is 83.8 Å². The van der Waals surface area contributed by atoms with Gasteiger partial charge in [0.2, 0.25) is 5.91 Å². The first-order valence-electron chi connectivity index (χ1n) is 8.65. The molecular formula is C20H17F2N3O4. The molecule has 2 amide bonds. The number of nitro groups is 1. The zero-order chi connectivity index (χ0) is 21.3. The Morgan fingerprint density at radius 3 is 2.38 bits per heavy atom. The lowest BCUT2D eigenvalue weighted by atomic mass is 10.00. The van der Waals surface area contributed by atoms with E-state index in [0.29, 0.717) is 6.07 Å². The van der Waals surface area contributed by atoms with Crippen LogP contribution in [0.25, 0.3) is 6.08 Å². The fourth-order valence-electron chi connectivity index (χ4n) is 3.18. The van der Waals surface area contributed by atoms with Gasteiger partial charge in [-0.2, -0.15) is 0 Å². The van der Waals surface area contributed by atoms with Gasteiger partial charge in [-0.3, -0.25) is 19.7 Å². The van der Waals surface area contributed by atoms with Crippen LogP contribution in [0.15, 0.2) is 48.2 Å². The number of hydrogen-bond acceptors (Lipinski definition) is 4. The van der Waals surface area contributed by atoms with E-state index in [2.05, 4.69) is 0 Å². The van der Waals surface area contributed by atoms with Crippen LogP contribution in [-0.2, 0) is 16.0 Å². The van der Waals surface area contributed by atoms with Crippen molar-refractivity contribution in [3.63, 3.8) is 0 Å². The molecule has 0 aliphatic carbocycles. The van der Waals surface area contributed by atoms with Gasteiger partial charge in [0.25, 0.3) is 11.6 Å². The molecule has 0 bridgehead atoms. The van der Waals surface area contributed by atoms with Crippen molar-refractivity contribution in [1.82, 2.24) is 9.80 Å². The fraction of sp³-hybridized carbons (Fsp3) is 0.200. The molecule has 29 heavy (non-hydrogen) atoms. The quantitative estimate of drug-likeness (QED) is 0.448. The number of hydrogen-bond donors (Lipinski definition) is 0. The number of carbonyl (C=O) groups excluding carboxylic acids is 2. The molecule has 2 aromatic carbocycles. The van der Waals surface area contributed by atoms with Gasteiger partial charge in [0, 0.05) is 26.6 Å². The van der Waals surface area contributed by atoms with Crippen LogP contribution in [0.1, 0.15) is 11.1 Å². The minimum absolute atomic E-state index is 0.272. The second kappa shape index (κ2) is 7.78. The third-order valence-electron chi connectivity index (χ3n) is 4.84. The largest absolute Gasteiger partial charge is 0.328 e. The van der Waals surface area contributed by atoms with Gasteiger partial charge in [-0.05, 0) is 17.7 Å². The van der Waals surface area contributed by atoms with Gasteiger partial charge < -0.3 is 9.80 Å². The van der Waals surface area contributed by atoms with E-state index in [1.54, 1.807) is 0 Å². The second-order valence-electron chi connectivity index (χ2n) is 6.60. The van der Waals surface area contributed by atoms with Crippen molar-refractivity contribution in [2.75, 3.05) is 14.1 Å². The van der Waals surface area contributed by atoms with Crippen LogP contribution in [0.2, 0.25) is 0 Å². The summed E-state index contributed by atoms with van der Waals surface area (Å²) in [6, 6.07) is 9.74. The van der Waals surface area contributed by atoms with Crippen LogP contribution < -0.4 is 0 Å². The predicted octanol–water partition coefficient (Wildman–Crippen LogP) is 2.76. The second-order valence-corrected chi connectivity index (χ2v) is 6.60. The molecule has 1 aliphatic heterocycles. The number of nitrogens with zero attached hydrogens (tertiary/aromatic N) is 3. The number of nitro benzene ring substituents is 1. The Morgan fingerprint density at radius 2 is 1.76 bits per heavy atom. The lowest BCUT2D eigenvalue weighted by Gasteiger charge is -2.38. The molecule has 1 heterocycles. The predicted molar refractivity (Wildman–Crippen MR) is 100 cm³/mol. The smallest absolute Gasteiger partial charge is 0.279 e. The van der Waals surface area contributed by atoms with Crippen molar-refractivity contribution in [2.45, 2.75) is 12.5 Å². The molecule has 1 unspecified atom stereocenters. The molecule has 1 fully saturated rings. The molecule has 1 atom stereocenters. The number of piperazine rings is 1. The summed E-state index contributed by atoms with van der Waals surface area (Å²) in [6.45, 7) is 0. The van der Waals surface area contributed by atoms with Gasteiger partial charge in [-0.1, -0.05) is 30.3 Å². The van der Waals surface area contributed by atoms with E-state index in [9.17, 15) is 28.5 Å². The fourth-order valence-corrected chi connectivity index (χ4v) is 3.18. The molecule has 0 saturated carbocycles. The van der Waals surface area contributed by atoms with Crippen molar-refractivity contribution >= 4 is 23.6 Å². The highest BCUT2D eigenvalue weighted by atomic mass is 19.2. The molecule has 0 aromatic heterocycles. The van der Waals surface area contributed by atoms with E-state index in [1.165, 1.54) is 19.0 Å². The summed E-state index contributed by atoms with van der Waals surface area (Å²) in [4.78, 5) is 38.2. The van der Waals surface area contributed by atoms with Gasteiger partial charge in [0.05, 0.1) is 10.5 Å². The molecule has 150 valence electrons. The monoisotopic (exact) mass is 401 g/mol. The van der Waals surface area contributed by atoms with E-state index in [4.69, 9.17) is 0 Å². The average molecular weight is 401 g/mol. The van der Waals surface area contributed by atoms with Crippen molar-refractivity contribution in [3.05, 3.63) is 81.0 Å². The maximum Gasteiger partial charge on any atom is 0.279 e. The van der Waals surface area contributed by atoms with Gasteiger partial charge in [-0.25, -0.2) is 8.78 Å². The lowest BCUT2D eigenvalue weighted by molar-refractivity contribution is -0.385. The van der Waals surface area contributed by atoms with Crippen LogP contribution in [0.3, 0.4) is 0 Å². The zero-order valence-electron chi connectivity index (χ0n) is 15.6. The van der Waals surface area contributed by atoms with Crippen molar-refractivity contribution in [2.24, 2.45) is 0 Å². The summed E-state index contributed by atoms with van der Waals surface area (Å²) in [5.41, 5.74) is -0.848. The highest BCUT2D eigenvalue weighted by molar-refractivity contribution is 6.07. The SMILES string of the molecule is CN1C(=O)C(Cc2ccccc2)N(C)C(=O)/C1=C\c1c([N+](=O)[O-])ccc(F)c1F. The highest BCUT2D eigenvalue weighted by Crippen LogP contribution is 2.29. The molecule has 1 saturated heterocycles. The number of halogens is 2. The van der Waals surface area contributed by atoms with E-state index < -0.39 is 45.7 Å². The normalized spacial score (nSPS) is 18.5. The highest BCUT2D eigenvalue weighted by Gasteiger charge is 2.39. The summed E-state index contributed by atoms with van der Waals surface area (Å²) < 4.78 is 27.9. The zero-order valence-corrected chi connectivity index (χ0v) is 15.6. The number of carbonyl (C=O) groups is 2. The first-order valence-corrected chi connectivity index (χ1v) is 8.65. The first-order chi connectivity index (χ1) is 13.7. The number of amides is 2. The molecule has 7 nitrogen and oxygen atoms in total. The molecule has 0 N–H and O–H groups in total. The van der Waals surface area contributed by atoms with Crippen molar-refractivity contribution < 1.29 is 23.3 Å². The van der Waals surface area contributed by atoms with E-state index in [0.717, 1.165) is 22.6 Å². The standard InChI is InChI=1S/C20H17F2N3O4/c1-23-16(10-12-6-4-3-5-7-12)19(26)24(2)17(20(23)27)11-13-15(25(28)29)9-8-14(21)18(13)22/h3-9,11,16H,10H2,1-2H3/b17-11+. The van der Waals surface area contributed by atoms with Crippen LogP contribution in [0.4, 0.5) is 14.5 Å². The lowest BCUT2D eigenvalue weighted by Crippen LogP contribution is -2.56. The number of likely N-dealkylation sites (N-methyl/N-ethyl adjacent to an activating group) is 2. The van der Waals surface area contributed by atoms with Gasteiger partial charge >= 0.3 is 0 Å². The summed E-state index contributed by atoms with van der Waals surface area (Å²) in [6.07, 6.45) is 1.11. The van der Waals surface area contributed by atoms with E-state index in [-0.39, 0.29) is 12.1 Å². The Labute approximate surface area is 165 Å². The number of benzene rings is 2. The van der Waals surface area contributed by atoms with Crippen LogP contribution in [0, 0.1) is 21.7 Å². The molecule has 2 aromatic rings. The van der Waals surface area contributed by atoms with Gasteiger partial charge in [0.15, 0.2) is 11.6 Å². The summed E-state index contributed by atoms with van der Waals surface area (Å²) in [7, 11) is 2.74. The van der Waals surface area contributed by atoms with E-state index in [1.807, 2.05) is 30.3 Å². The third kappa shape index (κ3) is 3.71. The number of rotatable bonds is 4. The Hall–Kier alpha value is -3.62. The Bertz CT molecular complexity index is 1020. The third-order valence-corrected chi connectivity index (χ3v) is 4.84. The van der Waals surface area contributed by atoms with Crippen LogP contribution in [0.5, 0.6) is 0 Å². The Balaban J connectivity index is 2.01. The van der Waals surface area contributed by atoms with Gasteiger partial charge in [-0.15, -0.1) is 0 Å². The van der Waals surface area contributed by atoms with Crippen LogP contribution in [-0.4, -0.2) is 46.7 Å². The van der Waals surface area contributed by atoms with E-state index >= 15 is 0 Å². The molecule has 0 radical (unpaired) electrons. The van der Waals surface area contributed by atoms with Crippen molar-refractivity contribution in [3.8, 4) is 0 Å². The summed E-state index contributed by atoms with van der Waals surface area (Å²) in [5.74, 6) is -3.84. The molecule has 9 heteroatoms. The minimum Gasteiger partial charge on any atom is -0.328 e.